The average molecular weight is 305 g/mol. The van der Waals surface area contributed by atoms with E-state index in [1.165, 1.54) is 54.3 Å². The van der Waals surface area contributed by atoms with Crippen LogP contribution in [0.4, 0.5) is 0 Å². The zero-order valence-corrected chi connectivity index (χ0v) is 12.7. The van der Waals surface area contributed by atoms with Gasteiger partial charge < -0.3 is 5.32 Å². The first-order valence-corrected chi connectivity index (χ1v) is 8.31. The van der Waals surface area contributed by atoms with E-state index in [1.54, 1.807) is 6.07 Å². The second kappa shape index (κ2) is 6.39. The van der Waals surface area contributed by atoms with Crippen molar-refractivity contribution in [2.45, 2.75) is 38.6 Å². The average Bonchev–Trinajstić information content (AvgIpc) is 2.98. The van der Waals surface area contributed by atoms with Crippen LogP contribution in [-0.4, -0.2) is 22.0 Å². The van der Waals surface area contributed by atoms with Gasteiger partial charge in [-0.25, -0.2) is 4.98 Å². The zero-order chi connectivity index (χ0) is 14.7. The predicted molar refractivity (Wildman–Crippen MR) is 83.5 cm³/mol. The molecule has 0 aromatic carbocycles. The summed E-state index contributed by atoms with van der Waals surface area (Å²) in [4.78, 5) is 29.1. The van der Waals surface area contributed by atoms with Gasteiger partial charge in [0.25, 0.3) is 5.56 Å². The highest BCUT2D eigenvalue weighted by molar-refractivity contribution is 7.16. The summed E-state index contributed by atoms with van der Waals surface area (Å²) >= 11 is 1.43. The van der Waals surface area contributed by atoms with E-state index in [2.05, 4.69) is 10.3 Å². The minimum atomic E-state index is -0.144. The van der Waals surface area contributed by atoms with Crippen LogP contribution >= 0.6 is 11.3 Å². The molecule has 0 radical (unpaired) electrons. The molecule has 2 heterocycles. The number of amides is 1. The van der Waals surface area contributed by atoms with Crippen molar-refractivity contribution in [1.29, 1.82) is 0 Å². The van der Waals surface area contributed by atoms with E-state index in [0.717, 1.165) is 11.4 Å². The van der Waals surface area contributed by atoms with Crippen molar-refractivity contribution in [3.05, 3.63) is 28.1 Å². The van der Waals surface area contributed by atoms with E-state index in [4.69, 9.17) is 0 Å². The number of carbonyl (C=O) groups is 1. The number of thiophene rings is 1. The molecule has 3 rings (SSSR count). The number of hydrogen-bond donors (Lipinski definition) is 1. The molecule has 2 aromatic heterocycles. The van der Waals surface area contributed by atoms with Gasteiger partial charge in [-0.3, -0.25) is 14.2 Å². The third kappa shape index (κ3) is 3.32. The van der Waals surface area contributed by atoms with Crippen molar-refractivity contribution in [2.75, 3.05) is 6.54 Å². The third-order valence-corrected chi connectivity index (χ3v) is 4.90. The molecule has 21 heavy (non-hydrogen) atoms. The summed E-state index contributed by atoms with van der Waals surface area (Å²) in [6.45, 7) is 0.770. The lowest BCUT2D eigenvalue weighted by molar-refractivity contribution is -0.121. The Labute approximate surface area is 127 Å². The first-order chi connectivity index (χ1) is 10.2. The van der Waals surface area contributed by atoms with Crippen LogP contribution in [0.5, 0.6) is 0 Å². The summed E-state index contributed by atoms with van der Waals surface area (Å²) in [5, 5.41) is 5.37. The first kappa shape index (κ1) is 14.3. The molecule has 1 amide bonds. The molecule has 2 aromatic rings. The van der Waals surface area contributed by atoms with E-state index in [-0.39, 0.29) is 18.0 Å². The number of aromatic nitrogens is 2. The normalized spacial score (nSPS) is 16.2. The maximum Gasteiger partial charge on any atom is 0.262 e. The van der Waals surface area contributed by atoms with Crippen molar-refractivity contribution < 1.29 is 4.79 Å². The van der Waals surface area contributed by atoms with E-state index in [1.807, 2.05) is 5.38 Å². The molecule has 0 saturated heterocycles. The summed E-state index contributed by atoms with van der Waals surface area (Å²) in [7, 11) is 0. The SMILES string of the molecule is O=C(Cn1cnc2sccc2c1=O)NCC1CCCCC1. The Morgan fingerprint density at radius 2 is 2.19 bits per heavy atom. The fourth-order valence-corrected chi connectivity index (χ4v) is 3.59. The van der Waals surface area contributed by atoms with Crippen molar-refractivity contribution in [2.24, 2.45) is 5.92 Å². The molecule has 0 unspecified atom stereocenters. The number of hydrogen-bond acceptors (Lipinski definition) is 4. The number of carbonyl (C=O) groups excluding carboxylic acids is 1. The van der Waals surface area contributed by atoms with Crippen molar-refractivity contribution in [3.8, 4) is 0 Å². The first-order valence-electron chi connectivity index (χ1n) is 7.43. The largest absolute Gasteiger partial charge is 0.354 e. The highest BCUT2D eigenvalue weighted by Crippen LogP contribution is 2.22. The van der Waals surface area contributed by atoms with Crippen molar-refractivity contribution in [3.63, 3.8) is 0 Å². The van der Waals surface area contributed by atoms with Crippen LogP contribution in [0, 0.1) is 5.92 Å². The lowest BCUT2D eigenvalue weighted by atomic mass is 9.89. The molecule has 1 aliphatic carbocycles. The van der Waals surface area contributed by atoms with Gasteiger partial charge in [-0.15, -0.1) is 11.3 Å². The quantitative estimate of drug-likeness (QED) is 0.941. The molecule has 5 nitrogen and oxygen atoms in total. The van der Waals surface area contributed by atoms with Crippen molar-refractivity contribution >= 4 is 27.5 Å². The topological polar surface area (TPSA) is 64.0 Å². The molecule has 112 valence electrons. The number of nitrogens with zero attached hydrogens (tertiary/aromatic N) is 2. The van der Waals surface area contributed by atoms with Gasteiger partial charge in [0.05, 0.1) is 11.7 Å². The van der Waals surface area contributed by atoms with Crippen LogP contribution in [0.3, 0.4) is 0 Å². The monoisotopic (exact) mass is 305 g/mol. The van der Waals surface area contributed by atoms with Crippen LogP contribution < -0.4 is 10.9 Å². The van der Waals surface area contributed by atoms with Gasteiger partial charge in [-0.2, -0.15) is 0 Å². The van der Waals surface area contributed by atoms with Crippen LogP contribution in [0.2, 0.25) is 0 Å². The van der Waals surface area contributed by atoms with Crippen LogP contribution in [0.15, 0.2) is 22.6 Å². The van der Waals surface area contributed by atoms with Gasteiger partial charge in [-0.1, -0.05) is 19.3 Å². The van der Waals surface area contributed by atoms with E-state index < -0.39 is 0 Å². The summed E-state index contributed by atoms with van der Waals surface area (Å²) in [6, 6.07) is 1.76. The number of rotatable bonds is 4. The highest BCUT2D eigenvalue weighted by Gasteiger charge is 2.15. The van der Waals surface area contributed by atoms with Gasteiger partial charge >= 0.3 is 0 Å². The molecule has 0 atom stereocenters. The second-order valence-electron chi connectivity index (χ2n) is 5.63. The Morgan fingerprint density at radius 3 is 3.00 bits per heavy atom. The van der Waals surface area contributed by atoms with Crippen LogP contribution in [0.1, 0.15) is 32.1 Å². The van der Waals surface area contributed by atoms with Gasteiger partial charge in [0.2, 0.25) is 5.91 Å². The zero-order valence-electron chi connectivity index (χ0n) is 11.9. The summed E-state index contributed by atoms with van der Waals surface area (Å²) in [5.41, 5.74) is -0.144. The molecule has 0 spiro atoms. The Hall–Kier alpha value is -1.69. The highest BCUT2D eigenvalue weighted by atomic mass is 32.1. The summed E-state index contributed by atoms with van der Waals surface area (Å²) < 4.78 is 1.38. The van der Waals surface area contributed by atoms with Crippen molar-refractivity contribution in [1.82, 2.24) is 14.9 Å². The van der Waals surface area contributed by atoms with E-state index >= 15 is 0 Å². The minimum Gasteiger partial charge on any atom is -0.354 e. The summed E-state index contributed by atoms with van der Waals surface area (Å²) in [6.07, 6.45) is 7.69. The molecular formula is C15H19N3O2S. The standard InChI is InChI=1S/C15H19N3O2S/c19-13(16-8-11-4-2-1-3-5-11)9-18-10-17-14-12(15(18)20)6-7-21-14/h6-7,10-11H,1-5,8-9H2,(H,16,19). The van der Waals surface area contributed by atoms with Gasteiger partial charge in [0.15, 0.2) is 0 Å². The Kier molecular flexibility index (Phi) is 4.34. The molecule has 1 saturated carbocycles. The second-order valence-corrected chi connectivity index (χ2v) is 6.52. The molecule has 0 bridgehead atoms. The van der Waals surface area contributed by atoms with Gasteiger partial charge in [0.1, 0.15) is 11.4 Å². The maximum absolute atomic E-state index is 12.2. The number of nitrogens with one attached hydrogen (secondary N) is 1. The van der Waals surface area contributed by atoms with E-state index in [0.29, 0.717) is 11.3 Å². The molecule has 1 aliphatic rings. The molecule has 0 aliphatic heterocycles. The minimum absolute atomic E-state index is 0.0460. The van der Waals surface area contributed by atoms with E-state index in [9.17, 15) is 9.59 Å². The Morgan fingerprint density at radius 1 is 1.38 bits per heavy atom. The molecule has 6 heteroatoms. The fraction of sp³-hybridized carbons (Fsp3) is 0.533. The van der Waals surface area contributed by atoms with Crippen LogP contribution in [0.25, 0.3) is 10.2 Å². The Bertz CT molecular complexity index is 686. The lowest BCUT2D eigenvalue weighted by Crippen LogP contribution is -2.35. The third-order valence-electron chi connectivity index (χ3n) is 4.08. The molecular weight excluding hydrogens is 286 g/mol. The summed E-state index contributed by atoms with van der Waals surface area (Å²) in [5.74, 6) is 0.482. The smallest absolute Gasteiger partial charge is 0.262 e. The molecule has 1 fully saturated rings. The van der Waals surface area contributed by atoms with Gasteiger partial charge in [-0.05, 0) is 30.2 Å². The fourth-order valence-electron chi connectivity index (χ4n) is 2.87. The Balaban J connectivity index is 1.60. The molecule has 1 N–H and O–H groups in total. The predicted octanol–water partition coefficient (Wildman–Crippen LogP) is 2.15. The van der Waals surface area contributed by atoms with Crippen LogP contribution in [-0.2, 0) is 11.3 Å². The number of fused-ring (bicyclic) bond motifs is 1. The lowest BCUT2D eigenvalue weighted by Gasteiger charge is -2.21. The maximum atomic E-state index is 12.2. The van der Waals surface area contributed by atoms with Gasteiger partial charge in [0, 0.05) is 6.54 Å².